The molecule has 2 atom stereocenters. The summed E-state index contributed by atoms with van der Waals surface area (Å²) in [5, 5.41) is 9.14. The van der Waals surface area contributed by atoms with E-state index in [1.807, 2.05) is 0 Å². The predicted octanol–water partition coefficient (Wildman–Crippen LogP) is -0.206. The molecule has 2 rings (SSSR count). The van der Waals surface area contributed by atoms with E-state index in [9.17, 15) is 13.2 Å². The van der Waals surface area contributed by atoms with Crippen molar-refractivity contribution in [1.82, 2.24) is 4.90 Å². The van der Waals surface area contributed by atoms with E-state index in [0.717, 1.165) is 12.8 Å². The van der Waals surface area contributed by atoms with Gasteiger partial charge >= 0.3 is 0 Å². The Morgan fingerprint density at radius 1 is 1.35 bits per heavy atom. The molecule has 2 aliphatic heterocycles. The standard InChI is InChI=1S/C11H19NO4S/c13-7-10-2-1-4-12(10)11(14)6-9-3-5-17(15,16)8-9/h9-10,13H,1-8H2/t9?,10-/m1/s1. The highest BCUT2D eigenvalue weighted by Crippen LogP contribution is 2.25. The van der Waals surface area contributed by atoms with E-state index >= 15 is 0 Å². The van der Waals surface area contributed by atoms with Gasteiger partial charge in [0.15, 0.2) is 9.84 Å². The molecule has 1 amide bonds. The van der Waals surface area contributed by atoms with Gasteiger partial charge in [-0.05, 0) is 25.2 Å². The molecule has 0 aromatic rings. The maximum absolute atomic E-state index is 12.0. The van der Waals surface area contributed by atoms with Crippen molar-refractivity contribution in [2.45, 2.75) is 31.7 Å². The summed E-state index contributed by atoms with van der Waals surface area (Å²) in [7, 11) is -2.90. The maximum Gasteiger partial charge on any atom is 0.223 e. The second kappa shape index (κ2) is 4.94. The topological polar surface area (TPSA) is 74.7 Å². The van der Waals surface area contributed by atoms with Gasteiger partial charge in [0.2, 0.25) is 5.91 Å². The lowest BCUT2D eigenvalue weighted by molar-refractivity contribution is -0.133. The molecular weight excluding hydrogens is 242 g/mol. The molecule has 1 unspecified atom stereocenters. The van der Waals surface area contributed by atoms with Gasteiger partial charge in [-0.1, -0.05) is 0 Å². The number of likely N-dealkylation sites (tertiary alicyclic amines) is 1. The van der Waals surface area contributed by atoms with Crippen molar-refractivity contribution < 1.29 is 18.3 Å². The van der Waals surface area contributed by atoms with Crippen LogP contribution in [0, 0.1) is 5.92 Å². The van der Waals surface area contributed by atoms with Crippen LogP contribution in [0.5, 0.6) is 0 Å². The lowest BCUT2D eigenvalue weighted by atomic mass is 10.0. The van der Waals surface area contributed by atoms with E-state index in [0.29, 0.717) is 19.4 Å². The predicted molar refractivity (Wildman–Crippen MR) is 63.2 cm³/mol. The Morgan fingerprint density at radius 2 is 2.12 bits per heavy atom. The molecule has 98 valence electrons. The molecule has 2 heterocycles. The van der Waals surface area contributed by atoms with Gasteiger partial charge < -0.3 is 10.0 Å². The van der Waals surface area contributed by atoms with Gasteiger partial charge in [-0.25, -0.2) is 8.42 Å². The molecule has 2 saturated heterocycles. The molecular formula is C11H19NO4S. The average Bonchev–Trinajstić information content (AvgIpc) is 2.84. The summed E-state index contributed by atoms with van der Waals surface area (Å²) in [6, 6.07) is -0.0551. The molecule has 0 radical (unpaired) electrons. The van der Waals surface area contributed by atoms with Crippen molar-refractivity contribution in [3.05, 3.63) is 0 Å². The number of hydrogen-bond acceptors (Lipinski definition) is 4. The van der Waals surface area contributed by atoms with Crippen molar-refractivity contribution >= 4 is 15.7 Å². The molecule has 0 aromatic carbocycles. The molecule has 17 heavy (non-hydrogen) atoms. The van der Waals surface area contributed by atoms with Crippen LogP contribution in [-0.4, -0.2) is 55.0 Å². The van der Waals surface area contributed by atoms with Gasteiger partial charge in [-0.2, -0.15) is 0 Å². The summed E-state index contributed by atoms with van der Waals surface area (Å²) in [4.78, 5) is 13.7. The van der Waals surface area contributed by atoms with Crippen LogP contribution in [0.2, 0.25) is 0 Å². The van der Waals surface area contributed by atoms with Crippen LogP contribution in [0.1, 0.15) is 25.7 Å². The summed E-state index contributed by atoms with van der Waals surface area (Å²) in [6.45, 7) is 0.707. The van der Waals surface area contributed by atoms with Gasteiger partial charge in [-0.15, -0.1) is 0 Å². The minimum atomic E-state index is -2.90. The zero-order chi connectivity index (χ0) is 12.5. The molecule has 0 bridgehead atoms. The van der Waals surface area contributed by atoms with E-state index in [4.69, 9.17) is 5.11 Å². The van der Waals surface area contributed by atoms with Crippen LogP contribution < -0.4 is 0 Å². The lowest BCUT2D eigenvalue weighted by Gasteiger charge is -2.24. The maximum atomic E-state index is 12.0. The fourth-order valence-electron chi connectivity index (χ4n) is 2.75. The summed E-state index contributed by atoms with van der Waals surface area (Å²) in [6.07, 6.45) is 2.70. The lowest BCUT2D eigenvalue weighted by Crippen LogP contribution is -2.38. The third-order valence-electron chi connectivity index (χ3n) is 3.70. The van der Waals surface area contributed by atoms with E-state index in [-0.39, 0.29) is 36.0 Å². The van der Waals surface area contributed by atoms with Crippen LogP contribution >= 0.6 is 0 Å². The molecule has 0 spiro atoms. The monoisotopic (exact) mass is 261 g/mol. The Morgan fingerprint density at radius 3 is 2.71 bits per heavy atom. The number of nitrogens with zero attached hydrogens (tertiary/aromatic N) is 1. The molecule has 2 fully saturated rings. The zero-order valence-corrected chi connectivity index (χ0v) is 10.7. The number of sulfone groups is 1. The first-order valence-electron chi connectivity index (χ1n) is 6.12. The van der Waals surface area contributed by atoms with Crippen LogP contribution in [0.15, 0.2) is 0 Å². The highest BCUT2D eigenvalue weighted by molar-refractivity contribution is 7.91. The number of hydrogen-bond donors (Lipinski definition) is 1. The first-order valence-corrected chi connectivity index (χ1v) is 7.95. The van der Waals surface area contributed by atoms with E-state index < -0.39 is 9.84 Å². The second-order valence-corrected chi connectivity index (χ2v) is 7.27. The Balaban J connectivity index is 1.89. The third kappa shape index (κ3) is 2.98. The Labute approximate surface area is 102 Å². The fourth-order valence-corrected chi connectivity index (χ4v) is 4.61. The van der Waals surface area contributed by atoms with Crippen molar-refractivity contribution in [1.29, 1.82) is 0 Å². The molecule has 2 aliphatic rings. The Bertz CT molecular complexity index is 392. The van der Waals surface area contributed by atoms with Gasteiger partial charge in [-0.3, -0.25) is 4.79 Å². The molecule has 6 heteroatoms. The van der Waals surface area contributed by atoms with Crippen LogP contribution in [0.3, 0.4) is 0 Å². The van der Waals surface area contributed by atoms with Crippen LogP contribution in [-0.2, 0) is 14.6 Å². The molecule has 1 N–H and O–H groups in total. The largest absolute Gasteiger partial charge is 0.394 e. The number of carbonyl (C=O) groups excluding carboxylic acids is 1. The van der Waals surface area contributed by atoms with Crippen molar-refractivity contribution in [2.75, 3.05) is 24.7 Å². The number of amides is 1. The minimum absolute atomic E-state index is 0.00338. The first kappa shape index (κ1) is 12.8. The molecule has 5 nitrogen and oxygen atoms in total. The molecule has 0 aliphatic carbocycles. The van der Waals surface area contributed by atoms with Gasteiger partial charge in [0.1, 0.15) is 0 Å². The van der Waals surface area contributed by atoms with E-state index in [2.05, 4.69) is 0 Å². The number of rotatable bonds is 3. The van der Waals surface area contributed by atoms with Crippen molar-refractivity contribution in [2.24, 2.45) is 5.92 Å². The normalized spacial score (nSPS) is 31.9. The van der Waals surface area contributed by atoms with Gasteiger partial charge in [0.05, 0.1) is 24.2 Å². The number of aliphatic hydroxyl groups excluding tert-OH is 1. The molecule has 0 aromatic heterocycles. The number of carbonyl (C=O) groups is 1. The summed E-state index contributed by atoms with van der Waals surface area (Å²) in [5.74, 6) is 0.348. The molecule has 0 saturated carbocycles. The van der Waals surface area contributed by atoms with E-state index in [1.54, 1.807) is 4.90 Å². The minimum Gasteiger partial charge on any atom is -0.394 e. The average molecular weight is 261 g/mol. The highest BCUT2D eigenvalue weighted by atomic mass is 32.2. The summed E-state index contributed by atoms with van der Waals surface area (Å²) < 4.78 is 22.6. The van der Waals surface area contributed by atoms with Crippen molar-refractivity contribution in [3.8, 4) is 0 Å². The van der Waals surface area contributed by atoms with Gasteiger partial charge in [0, 0.05) is 13.0 Å². The number of aliphatic hydroxyl groups is 1. The van der Waals surface area contributed by atoms with Crippen LogP contribution in [0.4, 0.5) is 0 Å². The first-order chi connectivity index (χ1) is 8.02. The Hall–Kier alpha value is -0.620. The zero-order valence-electron chi connectivity index (χ0n) is 9.84. The second-order valence-electron chi connectivity index (χ2n) is 5.04. The third-order valence-corrected chi connectivity index (χ3v) is 5.54. The van der Waals surface area contributed by atoms with Crippen molar-refractivity contribution in [3.63, 3.8) is 0 Å². The SMILES string of the molecule is O=C(CC1CCS(=O)(=O)C1)N1CCC[C@@H]1CO. The van der Waals surface area contributed by atoms with E-state index in [1.165, 1.54) is 0 Å². The summed E-state index contributed by atoms with van der Waals surface area (Å²) >= 11 is 0. The van der Waals surface area contributed by atoms with Gasteiger partial charge in [0.25, 0.3) is 0 Å². The van der Waals surface area contributed by atoms with Crippen LogP contribution in [0.25, 0.3) is 0 Å². The quantitative estimate of drug-likeness (QED) is 0.763. The smallest absolute Gasteiger partial charge is 0.223 e. The Kier molecular flexibility index (Phi) is 3.73. The fraction of sp³-hybridized carbons (Fsp3) is 0.909. The highest BCUT2D eigenvalue weighted by Gasteiger charge is 2.33. The summed E-state index contributed by atoms with van der Waals surface area (Å²) in [5.41, 5.74) is 0.